The molecule has 0 aromatic heterocycles. The molecule has 0 spiro atoms. The molecule has 0 aliphatic heterocycles. The van der Waals surface area contributed by atoms with Crippen LogP contribution in [-0.2, 0) is 6.54 Å². The van der Waals surface area contributed by atoms with Gasteiger partial charge in [0, 0.05) is 24.7 Å². The molecule has 0 atom stereocenters. The SMILES string of the molecule is CCNC(=S)NNC(=O)c1ccc(CNC(=O)NC(C)C)cc1. The number of hydrogen-bond donors (Lipinski definition) is 5. The number of rotatable bonds is 5. The van der Waals surface area contributed by atoms with Gasteiger partial charge in [-0.1, -0.05) is 12.1 Å². The average Bonchev–Trinajstić information content (AvgIpc) is 2.51. The third kappa shape index (κ3) is 7.46. The molecule has 1 rings (SSSR count). The quantitative estimate of drug-likeness (QED) is 0.409. The highest BCUT2D eigenvalue weighted by atomic mass is 32.1. The lowest BCUT2D eigenvalue weighted by atomic mass is 10.1. The largest absolute Gasteiger partial charge is 0.362 e. The van der Waals surface area contributed by atoms with Crippen LogP contribution in [0.25, 0.3) is 0 Å². The van der Waals surface area contributed by atoms with E-state index < -0.39 is 0 Å². The van der Waals surface area contributed by atoms with Gasteiger partial charge >= 0.3 is 6.03 Å². The van der Waals surface area contributed by atoms with E-state index in [1.165, 1.54) is 0 Å². The minimum atomic E-state index is -0.290. The number of benzene rings is 1. The molecule has 0 aliphatic carbocycles. The third-order valence-corrected chi connectivity index (χ3v) is 2.96. The summed E-state index contributed by atoms with van der Waals surface area (Å²) in [5.74, 6) is -0.290. The van der Waals surface area contributed by atoms with Crippen molar-refractivity contribution in [1.82, 2.24) is 26.8 Å². The summed E-state index contributed by atoms with van der Waals surface area (Å²) in [6.07, 6.45) is 0. The van der Waals surface area contributed by atoms with Gasteiger partial charge in [-0.15, -0.1) is 0 Å². The average molecular weight is 337 g/mol. The van der Waals surface area contributed by atoms with Crippen LogP contribution in [0.3, 0.4) is 0 Å². The van der Waals surface area contributed by atoms with Crippen LogP contribution in [0.5, 0.6) is 0 Å². The molecule has 1 aromatic rings. The van der Waals surface area contributed by atoms with Crippen LogP contribution in [0, 0.1) is 0 Å². The Balaban J connectivity index is 2.44. The van der Waals surface area contributed by atoms with Crippen molar-refractivity contribution in [2.24, 2.45) is 0 Å². The van der Waals surface area contributed by atoms with Crippen molar-refractivity contribution in [3.63, 3.8) is 0 Å². The van der Waals surface area contributed by atoms with Crippen LogP contribution in [0.15, 0.2) is 24.3 Å². The maximum atomic E-state index is 11.9. The van der Waals surface area contributed by atoms with E-state index in [0.29, 0.717) is 23.8 Å². The van der Waals surface area contributed by atoms with Gasteiger partial charge in [-0.05, 0) is 50.7 Å². The Labute approximate surface area is 141 Å². The molecule has 0 saturated heterocycles. The first-order valence-corrected chi connectivity index (χ1v) is 7.80. The molecule has 0 saturated carbocycles. The lowest BCUT2D eigenvalue weighted by molar-refractivity contribution is 0.0943. The molecule has 0 heterocycles. The van der Waals surface area contributed by atoms with E-state index in [2.05, 4.69) is 26.8 Å². The van der Waals surface area contributed by atoms with Crippen molar-refractivity contribution in [2.45, 2.75) is 33.4 Å². The second-order valence-corrected chi connectivity index (χ2v) is 5.53. The van der Waals surface area contributed by atoms with Crippen molar-refractivity contribution >= 4 is 29.3 Å². The molecule has 3 amide bonds. The summed E-state index contributed by atoms with van der Waals surface area (Å²) in [5, 5.41) is 8.71. The van der Waals surface area contributed by atoms with E-state index in [1.54, 1.807) is 24.3 Å². The normalized spacial score (nSPS) is 9.91. The molecule has 8 heteroatoms. The van der Waals surface area contributed by atoms with Crippen LogP contribution in [0.2, 0.25) is 0 Å². The van der Waals surface area contributed by atoms with Crippen molar-refractivity contribution in [3.8, 4) is 0 Å². The lowest BCUT2D eigenvalue weighted by Crippen LogP contribution is -2.46. The van der Waals surface area contributed by atoms with Gasteiger partial charge in [0.15, 0.2) is 5.11 Å². The second kappa shape index (κ2) is 9.62. The van der Waals surface area contributed by atoms with E-state index in [0.717, 1.165) is 5.56 Å². The van der Waals surface area contributed by atoms with Gasteiger partial charge in [0.05, 0.1) is 0 Å². The molecule has 23 heavy (non-hydrogen) atoms. The van der Waals surface area contributed by atoms with Crippen LogP contribution in [-0.4, -0.2) is 29.6 Å². The Morgan fingerprint density at radius 3 is 2.30 bits per heavy atom. The summed E-state index contributed by atoms with van der Waals surface area (Å²) in [6.45, 7) is 6.76. The minimum Gasteiger partial charge on any atom is -0.362 e. The molecule has 0 bridgehead atoms. The smallest absolute Gasteiger partial charge is 0.315 e. The molecular weight excluding hydrogens is 314 g/mol. The molecular formula is C15H23N5O2S. The highest BCUT2D eigenvalue weighted by molar-refractivity contribution is 7.80. The Kier molecular flexibility index (Phi) is 7.82. The summed E-state index contributed by atoms with van der Waals surface area (Å²) in [5.41, 5.74) is 6.50. The summed E-state index contributed by atoms with van der Waals surface area (Å²) < 4.78 is 0. The molecule has 126 valence electrons. The maximum absolute atomic E-state index is 11.9. The van der Waals surface area contributed by atoms with Gasteiger partial charge in [-0.3, -0.25) is 15.6 Å². The van der Waals surface area contributed by atoms with Gasteiger partial charge in [0.2, 0.25) is 0 Å². The molecule has 1 aromatic carbocycles. The second-order valence-electron chi connectivity index (χ2n) is 5.12. The first-order chi connectivity index (χ1) is 10.9. The molecule has 7 nitrogen and oxygen atoms in total. The van der Waals surface area contributed by atoms with Crippen LogP contribution >= 0.6 is 12.2 Å². The summed E-state index contributed by atoms with van der Waals surface area (Å²) in [7, 11) is 0. The van der Waals surface area contributed by atoms with E-state index in [1.807, 2.05) is 20.8 Å². The number of hydrazine groups is 1. The first kappa shape index (κ1) is 18.7. The van der Waals surface area contributed by atoms with Crippen molar-refractivity contribution in [2.75, 3.05) is 6.54 Å². The van der Waals surface area contributed by atoms with E-state index in [4.69, 9.17) is 12.2 Å². The van der Waals surface area contributed by atoms with E-state index >= 15 is 0 Å². The lowest BCUT2D eigenvalue weighted by Gasteiger charge is -2.11. The van der Waals surface area contributed by atoms with E-state index in [9.17, 15) is 9.59 Å². The number of nitrogens with one attached hydrogen (secondary N) is 5. The Hall–Kier alpha value is -2.35. The molecule has 0 unspecified atom stereocenters. The van der Waals surface area contributed by atoms with Crippen molar-refractivity contribution in [1.29, 1.82) is 0 Å². The van der Waals surface area contributed by atoms with E-state index in [-0.39, 0.29) is 18.0 Å². The van der Waals surface area contributed by atoms with Gasteiger partial charge in [0.1, 0.15) is 0 Å². The maximum Gasteiger partial charge on any atom is 0.315 e. The van der Waals surface area contributed by atoms with Crippen LogP contribution in [0.4, 0.5) is 4.79 Å². The summed E-state index contributed by atoms with van der Waals surface area (Å²) in [6, 6.07) is 6.81. The molecule has 5 N–H and O–H groups in total. The Morgan fingerprint density at radius 2 is 1.74 bits per heavy atom. The molecule has 0 aliphatic rings. The fraction of sp³-hybridized carbons (Fsp3) is 0.400. The van der Waals surface area contributed by atoms with Crippen molar-refractivity contribution in [3.05, 3.63) is 35.4 Å². The number of amides is 3. The molecule has 0 radical (unpaired) electrons. The first-order valence-electron chi connectivity index (χ1n) is 7.39. The zero-order valence-electron chi connectivity index (χ0n) is 13.5. The summed E-state index contributed by atoms with van der Waals surface area (Å²) in [4.78, 5) is 23.4. The zero-order valence-corrected chi connectivity index (χ0v) is 14.3. The van der Waals surface area contributed by atoms with Gasteiger partial charge in [0.25, 0.3) is 5.91 Å². The number of urea groups is 1. The number of carbonyl (C=O) groups is 2. The highest BCUT2D eigenvalue weighted by Gasteiger charge is 2.06. The van der Waals surface area contributed by atoms with Crippen LogP contribution < -0.4 is 26.8 Å². The predicted octanol–water partition coefficient (Wildman–Crippen LogP) is 1.02. The van der Waals surface area contributed by atoms with Gasteiger partial charge < -0.3 is 16.0 Å². The number of carbonyl (C=O) groups excluding carboxylic acids is 2. The van der Waals surface area contributed by atoms with Gasteiger partial charge in [-0.25, -0.2) is 4.79 Å². The fourth-order valence-electron chi connectivity index (χ4n) is 1.66. The predicted molar refractivity (Wildman–Crippen MR) is 93.8 cm³/mol. The standard InChI is InChI=1S/C15H23N5O2S/c1-4-16-15(23)20-19-13(21)12-7-5-11(6-8-12)9-17-14(22)18-10(2)3/h5-8,10H,4,9H2,1-3H3,(H,19,21)(H2,16,20,23)(H2,17,18,22). The Morgan fingerprint density at radius 1 is 1.09 bits per heavy atom. The fourth-order valence-corrected chi connectivity index (χ4v) is 1.86. The Bertz CT molecular complexity index is 545. The number of thiocarbonyl (C=S) groups is 1. The third-order valence-electron chi connectivity index (χ3n) is 2.72. The zero-order chi connectivity index (χ0) is 17.2. The minimum absolute atomic E-state index is 0.0850. The highest BCUT2D eigenvalue weighted by Crippen LogP contribution is 2.04. The summed E-state index contributed by atoms with van der Waals surface area (Å²) >= 11 is 4.95. The topological polar surface area (TPSA) is 94.3 Å². The van der Waals surface area contributed by atoms with Crippen LogP contribution in [0.1, 0.15) is 36.7 Å². The van der Waals surface area contributed by atoms with Gasteiger partial charge in [-0.2, -0.15) is 0 Å². The number of hydrogen-bond acceptors (Lipinski definition) is 3. The van der Waals surface area contributed by atoms with Crippen molar-refractivity contribution < 1.29 is 9.59 Å². The molecule has 0 fully saturated rings. The monoisotopic (exact) mass is 337 g/mol.